The van der Waals surface area contributed by atoms with Crippen LogP contribution in [-0.2, 0) is 0 Å². The van der Waals surface area contributed by atoms with E-state index in [9.17, 15) is 4.79 Å². The Hall–Kier alpha value is -1.89. The van der Waals surface area contributed by atoms with Crippen molar-refractivity contribution in [2.75, 3.05) is 0 Å². The fourth-order valence-corrected chi connectivity index (χ4v) is 1.24. The molecule has 0 atom stereocenters. The molecule has 2 aromatic carbocycles. The summed E-state index contributed by atoms with van der Waals surface area (Å²) in [5.41, 5.74) is 1.38. The molecule has 0 saturated carbocycles. The van der Waals surface area contributed by atoms with Gasteiger partial charge in [0.2, 0.25) is 0 Å². The molecule has 0 aromatic heterocycles. The second-order valence-corrected chi connectivity index (χ2v) is 2.91. The Labute approximate surface area is 83.0 Å². The van der Waals surface area contributed by atoms with Crippen molar-refractivity contribution in [3.63, 3.8) is 0 Å². The van der Waals surface area contributed by atoms with Crippen LogP contribution in [-0.4, -0.2) is 5.78 Å². The number of carbonyl (C=O) groups excluding carboxylic acids is 1. The fraction of sp³-hybridized carbons (Fsp3) is 0. The predicted molar refractivity (Wildman–Crippen MR) is 54.0 cm³/mol. The number of rotatable bonds is 2. The number of hydrogen-bond acceptors (Lipinski definition) is 1. The molecule has 1 heteroatoms. The van der Waals surface area contributed by atoms with Crippen LogP contribution in [0, 0.1) is 12.1 Å². The van der Waals surface area contributed by atoms with E-state index in [-0.39, 0.29) is 5.78 Å². The maximum absolute atomic E-state index is 11.8. The molecule has 0 aliphatic heterocycles. The normalized spacial score (nSPS) is 9.71. The largest absolute Gasteiger partial charge is 0.293 e. The quantitative estimate of drug-likeness (QED) is 0.512. The van der Waals surface area contributed by atoms with E-state index in [0.717, 1.165) is 0 Å². The van der Waals surface area contributed by atoms with Gasteiger partial charge in [0.05, 0.1) is 0 Å². The van der Waals surface area contributed by atoms with E-state index in [4.69, 9.17) is 0 Å². The van der Waals surface area contributed by atoms with E-state index in [1.54, 1.807) is 48.5 Å². The smallest absolute Gasteiger partial charge is 0.145 e. The Morgan fingerprint density at radius 1 is 0.786 bits per heavy atom. The van der Waals surface area contributed by atoms with Crippen molar-refractivity contribution >= 4 is 5.78 Å². The topological polar surface area (TPSA) is 17.1 Å². The van der Waals surface area contributed by atoms with Crippen molar-refractivity contribution < 1.29 is 4.79 Å². The van der Waals surface area contributed by atoms with Crippen molar-refractivity contribution in [1.82, 2.24) is 0 Å². The van der Waals surface area contributed by atoms with Gasteiger partial charge in [-0.15, -0.1) is 0 Å². The van der Waals surface area contributed by atoms with Crippen LogP contribution in [0.4, 0.5) is 0 Å². The van der Waals surface area contributed by atoms with Crippen LogP contribution >= 0.6 is 0 Å². The molecule has 68 valence electrons. The average molecular weight is 180 g/mol. The molecule has 0 N–H and O–H groups in total. The third-order valence-electron chi connectivity index (χ3n) is 1.96. The number of benzene rings is 2. The van der Waals surface area contributed by atoms with Crippen LogP contribution in [0.15, 0.2) is 48.5 Å². The van der Waals surface area contributed by atoms with Gasteiger partial charge in [-0.1, -0.05) is 11.1 Å². The van der Waals surface area contributed by atoms with Crippen LogP contribution in [0.25, 0.3) is 0 Å². The highest BCUT2D eigenvalue weighted by atomic mass is 16.1. The Kier molecular flexibility index (Phi) is 2.41. The van der Waals surface area contributed by atoms with Crippen LogP contribution in [0.3, 0.4) is 0 Å². The lowest BCUT2D eigenvalue weighted by atomic mass is 10.0. The summed E-state index contributed by atoms with van der Waals surface area (Å²) in [6, 6.07) is 19.8. The highest BCUT2D eigenvalue weighted by Crippen LogP contribution is 2.08. The van der Waals surface area contributed by atoms with Gasteiger partial charge in [0.25, 0.3) is 0 Å². The SMILES string of the molecule is O=C(c1cc[c-]cc1)c1cc[c-]cc1. The molecule has 2 rings (SSSR count). The molecular formula is C13H8O-2. The van der Waals surface area contributed by atoms with Gasteiger partial charge in [0.1, 0.15) is 5.78 Å². The minimum atomic E-state index is 0.0352. The summed E-state index contributed by atoms with van der Waals surface area (Å²) in [6.07, 6.45) is 0. The monoisotopic (exact) mass is 180 g/mol. The summed E-state index contributed by atoms with van der Waals surface area (Å²) in [6.45, 7) is 0. The molecule has 0 fully saturated rings. The van der Waals surface area contributed by atoms with Gasteiger partial charge in [0.15, 0.2) is 0 Å². The summed E-state index contributed by atoms with van der Waals surface area (Å²) in [4.78, 5) is 11.8. The summed E-state index contributed by atoms with van der Waals surface area (Å²) >= 11 is 0. The van der Waals surface area contributed by atoms with E-state index in [2.05, 4.69) is 12.1 Å². The van der Waals surface area contributed by atoms with Gasteiger partial charge in [-0.05, 0) is 0 Å². The first kappa shape index (κ1) is 8.70. The third kappa shape index (κ3) is 1.72. The van der Waals surface area contributed by atoms with Gasteiger partial charge in [-0.3, -0.25) is 4.79 Å². The second kappa shape index (κ2) is 3.88. The molecule has 0 heterocycles. The summed E-state index contributed by atoms with van der Waals surface area (Å²) in [5, 5.41) is 0. The van der Waals surface area contributed by atoms with Crippen LogP contribution in [0.2, 0.25) is 0 Å². The third-order valence-corrected chi connectivity index (χ3v) is 1.96. The molecule has 0 saturated heterocycles. The predicted octanol–water partition coefficient (Wildman–Crippen LogP) is 2.52. The van der Waals surface area contributed by atoms with Crippen molar-refractivity contribution in [2.24, 2.45) is 0 Å². The van der Waals surface area contributed by atoms with Gasteiger partial charge in [0, 0.05) is 0 Å². The highest BCUT2D eigenvalue weighted by molar-refractivity contribution is 6.08. The zero-order valence-corrected chi connectivity index (χ0v) is 7.53. The zero-order valence-electron chi connectivity index (χ0n) is 7.53. The molecule has 0 aliphatic carbocycles. The van der Waals surface area contributed by atoms with Crippen LogP contribution in [0.1, 0.15) is 15.9 Å². The average Bonchev–Trinajstić information content (AvgIpc) is 2.30. The van der Waals surface area contributed by atoms with Gasteiger partial charge in [-0.2, -0.15) is 60.7 Å². The lowest BCUT2D eigenvalue weighted by molar-refractivity contribution is 0.103. The lowest BCUT2D eigenvalue weighted by Crippen LogP contribution is -1.99. The van der Waals surface area contributed by atoms with E-state index in [1.807, 2.05) is 0 Å². The van der Waals surface area contributed by atoms with E-state index < -0.39 is 0 Å². The number of hydrogen-bond donors (Lipinski definition) is 0. The first-order valence-electron chi connectivity index (χ1n) is 4.35. The molecule has 0 spiro atoms. The molecular weight excluding hydrogens is 172 g/mol. The van der Waals surface area contributed by atoms with Crippen molar-refractivity contribution in [2.45, 2.75) is 0 Å². The van der Waals surface area contributed by atoms with Gasteiger partial charge in [-0.25, -0.2) is 0 Å². The molecule has 0 radical (unpaired) electrons. The Bertz CT molecular complexity index is 376. The summed E-state index contributed by atoms with van der Waals surface area (Å²) in [5.74, 6) is 0.0352. The van der Waals surface area contributed by atoms with Crippen molar-refractivity contribution in [3.05, 3.63) is 71.8 Å². The number of carbonyl (C=O) groups is 1. The fourth-order valence-electron chi connectivity index (χ4n) is 1.24. The molecule has 0 amide bonds. The van der Waals surface area contributed by atoms with E-state index in [0.29, 0.717) is 11.1 Å². The van der Waals surface area contributed by atoms with Crippen molar-refractivity contribution in [1.29, 1.82) is 0 Å². The maximum atomic E-state index is 11.8. The molecule has 0 aliphatic rings. The first-order chi connectivity index (χ1) is 6.88. The zero-order chi connectivity index (χ0) is 9.80. The molecule has 2 aromatic rings. The minimum absolute atomic E-state index is 0.0352. The van der Waals surface area contributed by atoms with Crippen LogP contribution in [0.5, 0.6) is 0 Å². The van der Waals surface area contributed by atoms with Gasteiger partial charge >= 0.3 is 0 Å². The Balaban J connectivity index is 2.35. The van der Waals surface area contributed by atoms with E-state index >= 15 is 0 Å². The van der Waals surface area contributed by atoms with E-state index in [1.165, 1.54) is 0 Å². The highest BCUT2D eigenvalue weighted by Gasteiger charge is 1.97. The molecule has 1 nitrogen and oxygen atoms in total. The van der Waals surface area contributed by atoms with Crippen molar-refractivity contribution in [3.8, 4) is 0 Å². The standard InChI is InChI=1S/C13H8O/c14-13(11-7-3-1-4-8-11)12-9-5-2-6-10-12/h3-10H/q-2. The van der Waals surface area contributed by atoms with Gasteiger partial charge < -0.3 is 0 Å². The lowest BCUT2D eigenvalue weighted by Gasteiger charge is -2.08. The molecule has 14 heavy (non-hydrogen) atoms. The molecule has 0 unspecified atom stereocenters. The Morgan fingerprint density at radius 2 is 1.14 bits per heavy atom. The Morgan fingerprint density at radius 3 is 1.50 bits per heavy atom. The van der Waals surface area contributed by atoms with Crippen LogP contribution < -0.4 is 0 Å². The minimum Gasteiger partial charge on any atom is -0.293 e. The molecule has 0 bridgehead atoms. The first-order valence-corrected chi connectivity index (χ1v) is 4.35. The summed E-state index contributed by atoms with van der Waals surface area (Å²) in [7, 11) is 0. The second-order valence-electron chi connectivity index (χ2n) is 2.91. The summed E-state index contributed by atoms with van der Waals surface area (Å²) < 4.78 is 0. The maximum Gasteiger partial charge on any atom is 0.145 e. The number of ketones is 1.